The molecule has 1 aliphatic heterocycles. The molecule has 1 aliphatic rings. The number of hydrogen-bond acceptors (Lipinski definition) is 5. The van der Waals surface area contributed by atoms with Crippen molar-refractivity contribution in [3.05, 3.63) is 48.0 Å². The van der Waals surface area contributed by atoms with Crippen LogP contribution in [0.2, 0.25) is 0 Å². The number of nitrogens with one attached hydrogen (secondary N) is 1. The van der Waals surface area contributed by atoms with Crippen molar-refractivity contribution in [1.29, 1.82) is 0 Å². The third-order valence-corrected chi connectivity index (χ3v) is 6.57. The van der Waals surface area contributed by atoms with Gasteiger partial charge in [0, 0.05) is 19.5 Å². The summed E-state index contributed by atoms with van der Waals surface area (Å²) in [4.78, 5) is 0.144. The van der Waals surface area contributed by atoms with E-state index in [1.54, 1.807) is 19.2 Å². The van der Waals surface area contributed by atoms with Crippen LogP contribution >= 0.6 is 0 Å². The first kappa shape index (κ1) is 20.3. The zero-order valence-corrected chi connectivity index (χ0v) is 16.4. The summed E-state index contributed by atoms with van der Waals surface area (Å²) in [6, 6.07) is 10.3. The number of ether oxygens (including phenoxy) is 2. The van der Waals surface area contributed by atoms with E-state index in [9.17, 15) is 17.2 Å². The molecule has 152 valence electrons. The van der Waals surface area contributed by atoms with E-state index in [0.717, 1.165) is 29.4 Å². The van der Waals surface area contributed by atoms with Crippen molar-refractivity contribution in [1.82, 2.24) is 5.32 Å². The van der Waals surface area contributed by atoms with Gasteiger partial charge in [-0.25, -0.2) is 8.42 Å². The van der Waals surface area contributed by atoms with E-state index in [2.05, 4.69) is 10.1 Å². The Morgan fingerprint density at radius 2 is 1.89 bits per heavy atom. The number of halogens is 2. The van der Waals surface area contributed by atoms with Crippen LogP contribution in [0.25, 0.3) is 0 Å². The van der Waals surface area contributed by atoms with Crippen LogP contribution in [0.1, 0.15) is 17.9 Å². The normalized spacial score (nSPS) is 17.0. The number of sulfonamides is 1. The van der Waals surface area contributed by atoms with Crippen LogP contribution in [0.4, 0.5) is 14.5 Å². The Kier molecular flexibility index (Phi) is 6.04. The van der Waals surface area contributed by atoms with Gasteiger partial charge in [0.2, 0.25) is 0 Å². The maximum absolute atomic E-state index is 13.1. The van der Waals surface area contributed by atoms with Gasteiger partial charge >= 0.3 is 6.61 Å². The molecule has 28 heavy (non-hydrogen) atoms. The number of rotatable bonds is 7. The molecular formula is C19H22F2N2O4S. The maximum Gasteiger partial charge on any atom is 0.387 e. The zero-order valence-electron chi connectivity index (χ0n) is 15.6. The molecule has 1 fully saturated rings. The Hall–Kier alpha value is -2.39. The van der Waals surface area contributed by atoms with Crippen LogP contribution in [-0.4, -0.2) is 42.3 Å². The van der Waals surface area contributed by atoms with Crippen LogP contribution < -0.4 is 19.1 Å². The van der Waals surface area contributed by atoms with Gasteiger partial charge in [-0.2, -0.15) is 8.78 Å². The minimum Gasteiger partial charge on any atom is -0.496 e. The fraction of sp³-hybridized carbons (Fsp3) is 0.368. The van der Waals surface area contributed by atoms with Crippen molar-refractivity contribution >= 4 is 15.7 Å². The molecule has 1 saturated heterocycles. The van der Waals surface area contributed by atoms with E-state index in [1.165, 1.54) is 37.4 Å². The molecule has 9 heteroatoms. The summed E-state index contributed by atoms with van der Waals surface area (Å²) in [6.45, 7) is -1.30. The molecule has 3 rings (SSSR count). The van der Waals surface area contributed by atoms with Gasteiger partial charge in [-0.05, 0) is 61.0 Å². The second-order valence-electron chi connectivity index (χ2n) is 6.44. The van der Waals surface area contributed by atoms with E-state index in [4.69, 9.17) is 4.74 Å². The number of benzene rings is 2. The molecule has 0 aliphatic carbocycles. The van der Waals surface area contributed by atoms with E-state index >= 15 is 0 Å². The number of anilines is 1. The second kappa shape index (κ2) is 8.32. The third kappa shape index (κ3) is 4.20. The van der Waals surface area contributed by atoms with Crippen molar-refractivity contribution in [3.63, 3.8) is 0 Å². The molecular weight excluding hydrogens is 390 g/mol. The fourth-order valence-electron chi connectivity index (χ4n) is 3.25. The van der Waals surface area contributed by atoms with E-state index in [-0.39, 0.29) is 16.6 Å². The molecule has 0 unspecified atom stereocenters. The first-order valence-corrected chi connectivity index (χ1v) is 10.2. The predicted molar refractivity (Wildman–Crippen MR) is 102 cm³/mol. The largest absolute Gasteiger partial charge is 0.496 e. The average molecular weight is 412 g/mol. The summed E-state index contributed by atoms with van der Waals surface area (Å²) in [5.74, 6) is 0.801. The van der Waals surface area contributed by atoms with Gasteiger partial charge < -0.3 is 14.8 Å². The molecule has 0 amide bonds. The lowest BCUT2D eigenvalue weighted by Crippen LogP contribution is -2.26. The van der Waals surface area contributed by atoms with E-state index < -0.39 is 16.6 Å². The van der Waals surface area contributed by atoms with Crippen LogP contribution in [0.3, 0.4) is 0 Å². The highest BCUT2D eigenvalue weighted by atomic mass is 32.2. The summed E-state index contributed by atoms with van der Waals surface area (Å²) in [6.07, 6.45) is 0.904. The topological polar surface area (TPSA) is 67.9 Å². The first-order chi connectivity index (χ1) is 13.3. The SMILES string of the molecule is COc1ccc(S(=O)(=O)N(C)c2ccc(OC(F)F)cc2)cc1[C@H]1CCNC1. The second-order valence-corrected chi connectivity index (χ2v) is 8.41. The van der Waals surface area contributed by atoms with Gasteiger partial charge in [0.15, 0.2) is 0 Å². The Bertz CT molecular complexity index is 914. The summed E-state index contributed by atoms with van der Waals surface area (Å²) in [5.41, 5.74) is 1.18. The smallest absolute Gasteiger partial charge is 0.387 e. The lowest BCUT2D eigenvalue weighted by atomic mass is 9.97. The molecule has 2 aromatic carbocycles. The molecule has 0 aromatic heterocycles. The summed E-state index contributed by atoms with van der Waals surface area (Å²) in [5, 5.41) is 3.27. The zero-order chi connectivity index (χ0) is 20.3. The third-order valence-electron chi connectivity index (χ3n) is 4.79. The lowest BCUT2D eigenvalue weighted by Gasteiger charge is -2.21. The van der Waals surface area contributed by atoms with Crippen LogP contribution in [0.5, 0.6) is 11.5 Å². The molecule has 1 atom stereocenters. The van der Waals surface area contributed by atoms with Crippen molar-refractivity contribution < 1.29 is 26.7 Å². The highest BCUT2D eigenvalue weighted by Gasteiger charge is 2.26. The van der Waals surface area contributed by atoms with Crippen molar-refractivity contribution in [2.45, 2.75) is 23.8 Å². The summed E-state index contributed by atoms with van der Waals surface area (Å²) >= 11 is 0. The first-order valence-electron chi connectivity index (χ1n) is 8.75. The van der Waals surface area contributed by atoms with Crippen LogP contribution in [0.15, 0.2) is 47.4 Å². The van der Waals surface area contributed by atoms with Gasteiger partial charge in [-0.1, -0.05) is 0 Å². The Morgan fingerprint density at radius 1 is 1.18 bits per heavy atom. The standard InChI is InChI=1S/C19H22F2N2O4S/c1-23(14-3-5-15(6-4-14)27-19(20)21)28(24,25)16-7-8-18(26-2)17(11-16)13-9-10-22-12-13/h3-8,11,13,19,22H,9-10,12H2,1-2H3/t13-/m0/s1. The van der Waals surface area contributed by atoms with Gasteiger partial charge in [0.05, 0.1) is 17.7 Å². The Labute approximate surface area is 163 Å². The maximum atomic E-state index is 13.1. The Morgan fingerprint density at radius 3 is 2.46 bits per heavy atom. The van der Waals surface area contributed by atoms with Crippen molar-refractivity contribution in [2.75, 3.05) is 31.6 Å². The monoisotopic (exact) mass is 412 g/mol. The molecule has 1 N–H and O–H groups in total. The molecule has 2 aromatic rings. The fourth-order valence-corrected chi connectivity index (χ4v) is 4.48. The minimum atomic E-state index is -3.84. The van der Waals surface area contributed by atoms with Crippen molar-refractivity contribution in [2.24, 2.45) is 0 Å². The van der Waals surface area contributed by atoms with Crippen LogP contribution in [-0.2, 0) is 10.0 Å². The van der Waals surface area contributed by atoms with Crippen molar-refractivity contribution in [3.8, 4) is 11.5 Å². The lowest BCUT2D eigenvalue weighted by molar-refractivity contribution is -0.0498. The highest BCUT2D eigenvalue weighted by Crippen LogP contribution is 2.34. The van der Waals surface area contributed by atoms with Gasteiger partial charge in [0.1, 0.15) is 11.5 Å². The van der Waals surface area contributed by atoms with Gasteiger partial charge in [-0.3, -0.25) is 4.31 Å². The number of methoxy groups -OCH3 is 1. The molecule has 0 bridgehead atoms. The van der Waals surface area contributed by atoms with E-state index in [0.29, 0.717) is 11.4 Å². The van der Waals surface area contributed by atoms with Gasteiger partial charge in [-0.15, -0.1) is 0 Å². The molecule has 0 saturated carbocycles. The quantitative estimate of drug-likeness (QED) is 0.757. The van der Waals surface area contributed by atoms with Crippen LogP contribution in [0, 0.1) is 0 Å². The molecule has 0 radical (unpaired) electrons. The number of nitrogens with zero attached hydrogens (tertiary/aromatic N) is 1. The number of alkyl halides is 2. The minimum absolute atomic E-state index is 0.0370. The van der Waals surface area contributed by atoms with E-state index in [1.807, 2.05) is 0 Å². The van der Waals surface area contributed by atoms with Gasteiger partial charge in [0.25, 0.3) is 10.0 Å². The molecule has 0 spiro atoms. The Balaban J connectivity index is 1.90. The average Bonchev–Trinajstić information content (AvgIpc) is 3.21. The number of hydrogen-bond donors (Lipinski definition) is 1. The molecule has 1 heterocycles. The highest BCUT2D eigenvalue weighted by molar-refractivity contribution is 7.92. The predicted octanol–water partition coefficient (Wildman–Crippen LogP) is 3.20. The summed E-state index contributed by atoms with van der Waals surface area (Å²) < 4.78 is 61.5. The molecule has 6 nitrogen and oxygen atoms in total. The summed E-state index contributed by atoms with van der Waals surface area (Å²) in [7, 11) is -0.860.